The number of hydrogen-bond donors (Lipinski definition) is 7. The zero-order valence-electron chi connectivity index (χ0n) is 12.9. The summed E-state index contributed by atoms with van der Waals surface area (Å²) in [6.07, 6.45) is 1.45. The van der Waals surface area contributed by atoms with Crippen LogP contribution in [0, 0.1) is 0 Å². The number of amides is 1. The van der Waals surface area contributed by atoms with E-state index in [9.17, 15) is 9.59 Å². The second-order valence-corrected chi connectivity index (χ2v) is 4.90. The summed E-state index contributed by atoms with van der Waals surface area (Å²) in [5.74, 6) is -1.78. The number of aliphatic carboxylic acids is 1. The van der Waals surface area contributed by atoms with Crippen molar-refractivity contribution < 1.29 is 14.7 Å². The van der Waals surface area contributed by atoms with Crippen LogP contribution in [0.15, 0.2) is 9.98 Å². The van der Waals surface area contributed by atoms with Gasteiger partial charge in [-0.15, -0.1) is 0 Å². The lowest BCUT2D eigenvalue weighted by Gasteiger charge is -2.17. The number of rotatable bonds is 11. The molecular formula is C12H26N8O3. The van der Waals surface area contributed by atoms with E-state index < -0.39 is 24.0 Å². The SMILES string of the molecule is NC(N)=NCCC[C@@H](N)C(=O)N[C@H](CCCN=C(N)N)C(=O)O. The number of nitrogens with one attached hydrogen (secondary N) is 1. The minimum absolute atomic E-state index is 0.0326. The van der Waals surface area contributed by atoms with E-state index in [2.05, 4.69) is 15.3 Å². The van der Waals surface area contributed by atoms with Gasteiger partial charge in [0.1, 0.15) is 6.04 Å². The fourth-order valence-corrected chi connectivity index (χ4v) is 1.69. The number of hydrogen-bond acceptors (Lipinski definition) is 5. The summed E-state index contributed by atoms with van der Waals surface area (Å²) in [6.45, 7) is 0.636. The molecule has 0 fully saturated rings. The van der Waals surface area contributed by atoms with Crippen LogP contribution >= 0.6 is 0 Å². The molecule has 0 aromatic rings. The topological polar surface area (TPSA) is 221 Å². The number of carbonyl (C=O) groups is 2. The summed E-state index contributed by atoms with van der Waals surface area (Å²) in [5.41, 5.74) is 26.4. The monoisotopic (exact) mass is 330 g/mol. The van der Waals surface area contributed by atoms with Crippen LogP contribution in [0.25, 0.3) is 0 Å². The third-order valence-corrected chi connectivity index (χ3v) is 2.86. The van der Waals surface area contributed by atoms with Gasteiger partial charge >= 0.3 is 5.97 Å². The van der Waals surface area contributed by atoms with Crippen molar-refractivity contribution in [1.82, 2.24) is 5.32 Å². The minimum atomic E-state index is -1.14. The minimum Gasteiger partial charge on any atom is -0.480 e. The van der Waals surface area contributed by atoms with Crippen molar-refractivity contribution in [3.8, 4) is 0 Å². The van der Waals surface area contributed by atoms with Crippen LogP contribution in [0.2, 0.25) is 0 Å². The van der Waals surface area contributed by atoms with E-state index in [1.54, 1.807) is 0 Å². The summed E-state index contributed by atoms with van der Waals surface area (Å²) in [7, 11) is 0. The Hall–Kier alpha value is -2.56. The summed E-state index contributed by atoms with van der Waals surface area (Å²) < 4.78 is 0. The first-order valence-corrected chi connectivity index (χ1v) is 7.13. The molecular weight excluding hydrogens is 304 g/mol. The van der Waals surface area contributed by atoms with Gasteiger partial charge in [0.15, 0.2) is 11.9 Å². The van der Waals surface area contributed by atoms with Crippen molar-refractivity contribution in [1.29, 1.82) is 0 Å². The molecule has 0 spiro atoms. The van der Waals surface area contributed by atoms with Gasteiger partial charge in [-0.05, 0) is 25.7 Å². The van der Waals surface area contributed by atoms with E-state index in [4.69, 9.17) is 33.8 Å². The first kappa shape index (κ1) is 20.4. The molecule has 1 amide bonds. The van der Waals surface area contributed by atoms with E-state index in [1.165, 1.54) is 0 Å². The molecule has 0 heterocycles. The van der Waals surface area contributed by atoms with Gasteiger partial charge in [0.2, 0.25) is 5.91 Å². The molecule has 0 bridgehead atoms. The number of carboxylic acids is 1. The van der Waals surface area contributed by atoms with Gasteiger partial charge in [0.25, 0.3) is 0 Å². The summed E-state index contributed by atoms with van der Waals surface area (Å²) in [5, 5.41) is 11.5. The molecule has 0 saturated carbocycles. The first-order valence-electron chi connectivity index (χ1n) is 7.13. The van der Waals surface area contributed by atoms with Crippen LogP contribution in [-0.4, -0.2) is 54.1 Å². The molecule has 0 aliphatic heterocycles. The molecule has 11 nitrogen and oxygen atoms in total. The van der Waals surface area contributed by atoms with Crippen LogP contribution in [0.5, 0.6) is 0 Å². The maximum atomic E-state index is 11.9. The predicted octanol–water partition coefficient (Wildman–Crippen LogP) is -3.01. The Balaban J connectivity index is 4.24. The lowest BCUT2D eigenvalue weighted by molar-refractivity contribution is -0.142. The third-order valence-electron chi connectivity index (χ3n) is 2.86. The van der Waals surface area contributed by atoms with Gasteiger partial charge in [0, 0.05) is 13.1 Å². The van der Waals surface area contributed by atoms with E-state index in [0.717, 1.165) is 0 Å². The second-order valence-electron chi connectivity index (χ2n) is 4.90. The van der Waals surface area contributed by atoms with Gasteiger partial charge in [0.05, 0.1) is 6.04 Å². The van der Waals surface area contributed by atoms with Crippen molar-refractivity contribution in [2.45, 2.75) is 37.8 Å². The molecule has 0 aliphatic rings. The highest BCUT2D eigenvalue weighted by Gasteiger charge is 2.22. The highest BCUT2D eigenvalue weighted by atomic mass is 16.4. The Labute approximate surface area is 134 Å². The lowest BCUT2D eigenvalue weighted by Crippen LogP contribution is -2.48. The van der Waals surface area contributed by atoms with Gasteiger partial charge in [-0.3, -0.25) is 14.8 Å². The van der Waals surface area contributed by atoms with E-state index in [0.29, 0.717) is 25.8 Å². The van der Waals surface area contributed by atoms with Gasteiger partial charge < -0.3 is 39.1 Å². The molecule has 0 unspecified atom stereocenters. The maximum absolute atomic E-state index is 11.9. The van der Waals surface area contributed by atoms with Crippen molar-refractivity contribution in [3.63, 3.8) is 0 Å². The number of carbonyl (C=O) groups excluding carboxylic acids is 1. The summed E-state index contributed by atoms with van der Waals surface area (Å²) in [4.78, 5) is 30.5. The smallest absolute Gasteiger partial charge is 0.326 e. The Bertz CT molecular complexity index is 444. The highest BCUT2D eigenvalue weighted by molar-refractivity contribution is 5.86. The predicted molar refractivity (Wildman–Crippen MR) is 87.4 cm³/mol. The normalized spacial score (nSPS) is 12.7. The standard InChI is InChI=1S/C12H26N8O3/c13-7(3-1-5-18-11(14)15)9(21)20-8(10(22)23)4-2-6-19-12(16)17/h7-8H,1-6,13H2,(H,20,21)(H,22,23)(H4,14,15,18)(H4,16,17,19)/t7-,8-/m1/s1. The molecule has 2 atom stereocenters. The van der Waals surface area contributed by atoms with Gasteiger partial charge in [-0.2, -0.15) is 0 Å². The quantitative estimate of drug-likeness (QED) is 0.117. The molecule has 0 rings (SSSR count). The lowest BCUT2D eigenvalue weighted by atomic mass is 10.1. The Morgan fingerprint density at radius 1 is 0.957 bits per heavy atom. The van der Waals surface area contributed by atoms with Crippen molar-refractivity contribution in [2.75, 3.05) is 13.1 Å². The summed E-state index contributed by atoms with van der Waals surface area (Å²) in [6, 6.07) is -1.87. The van der Waals surface area contributed by atoms with E-state index >= 15 is 0 Å². The molecule has 0 aromatic carbocycles. The van der Waals surface area contributed by atoms with Crippen LogP contribution in [0.4, 0.5) is 0 Å². The molecule has 132 valence electrons. The highest BCUT2D eigenvalue weighted by Crippen LogP contribution is 2.01. The molecule has 0 aromatic heterocycles. The zero-order chi connectivity index (χ0) is 17.8. The Kier molecular flexibility index (Phi) is 9.83. The molecule has 23 heavy (non-hydrogen) atoms. The van der Waals surface area contributed by atoms with Crippen LogP contribution in [0.1, 0.15) is 25.7 Å². The van der Waals surface area contributed by atoms with Crippen molar-refractivity contribution in [3.05, 3.63) is 0 Å². The number of guanidine groups is 2. The Morgan fingerprint density at radius 2 is 1.43 bits per heavy atom. The number of carboxylic acid groups (broad SMARTS) is 1. The van der Waals surface area contributed by atoms with Gasteiger partial charge in [-0.1, -0.05) is 0 Å². The average molecular weight is 330 g/mol. The average Bonchev–Trinajstić information content (AvgIpc) is 2.45. The second kappa shape index (κ2) is 11.1. The molecule has 11 heteroatoms. The fourth-order valence-electron chi connectivity index (χ4n) is 1.69. The number of nitrogens with zero attached hydrogens (tertiary/aromatic N) is 2. The maximum Gasteiger partial charge on any atom is 0.326 e. The molecule has 0 aliphatic carbocycles. The van der Waals surface area contributed by atoms with Crippen molar-refractivity contribution in [2.24, 2.45) is 38.7 Å². The largest absolute Gasteiger partial charge is 0.480 e. The number of nitrogens with two attached hydrogens (primary N) is 5. The van der Waals surface area contributed by atoms with Crippen molar-refractivity contribution >= 4 is 23.8 Å². The zero-order valence-corrected chi connectivity index (χ0v) is 12.9. The van der Waals surface area contributed by atoms with Gasteiger partial charge in [-0.25, -0.2) is 4.79 Å². The van der Waals surface area contributed by atoms with Crippen LogP contribution in [-0.2, 0) is 9.59 Å². The number of aliphatic imine (C=N–C) groups is 2. The van der Waals surface area contributed by atoms with Crippen LogP contribution in [0.3, 0.4) is 0 Å². The Morgan fingerprint density at radius 3 is 1.87 bits per heavy atom. The molecule has 0 saturated heterocycles. The first-order chi connectivity index (χ1) is 10.7. The van der Waals surface area contributed by atoms with E-state index in [-0.39, 0.29) is 24.9 Å². The summed E-state index contributed by atoms with van der Waals surface area (Å²) >= 11 is 0. The van der Waals surface area contributed by atoms with E-state index in [1.807, 2.05) is 0 Å². The molecule has 0 radical (unpaired) electrons. The molecule has 12 N–H and O–H groups in total. The van der Waals surface area contributed by atoms with Crippen LogP contribution < -0.4 is 34.0 Å². The third kappa shape index (κ3) is 10.8. The fraction of sp³-hybridized carbons (Fsp3) is 0.667.